The summed E-state index contributed by atoms with van der Waals surface area (Å²) in [6.07, 6.45) is 0. The normalized spacial score (nSPS) is 14.4. The molecule has 5 nitrogen and oxygen atoms in total. The predicted octanol–water partition coefficient (Wildman–Crippen LogP) is 3.87. The standard InChI is InChI=1S/C20H19FN4OS/c1-14(26)16-7-8-18(17(21)13-16)24-9-11-25(12-10-24)20-23-22-19(27-20)15-5-3-2-4-6-15/h2-8,13H,9-12H2,1H3. The van der Waals surface area contributed by atoms with Gasteiger partial charge in [0.1, 0.15) is 10.8 Å². The quantitative estimate of drug-likeness (QED) is 0.641. The lowest BCUT2D eigenvalue weighted by Gasteiger charge is -2.35. The fourth-order valence-electron chi connectivity index (χ4n) is 3.16. The van der Waals surface area contributed by atoms with E-state index in [1.54, 1.807) is 23.5 Å². The van der Waals surface area contributed by atoms with E-state index >= 15 is 0 Å². The number of hydrogen-bond donors (Lipinski definition) is 0. The van der Waals surface area contributed by atoms with Crippen LogP contribution in [0.3, 0.4) is 0 Å². The van der Waals surface area contributed by atoms with E-state index in [0.29, 0.717) is 24.3 Å². The van der Waals surface area contributed by atoms with Gasteiger partial charge in [-0.05, 0) is 25.1 Å². The Kier molecular flexibility index (Phi) is 4.85. The van der Waals surface area contributed by atoms with Crippen LogP contribution >= 0.6 is 11.3 Å². The molecule has 0 atom stereocenters. The molecule has 1 saturated heterocycles. The van der Waals surface area contributed by atoms with Crippen LogP contribution in [-0.2, 0) is 0 Å². The summed E-state index contributed by atoms with van der Waals surface area (Å²) in [5.41, 5.74) is 2.01. The zero-order valence-electron chi connectivity index (χ0n) is 14.9. The Balaban J connectivity index is 1.44. The van der Waals surface area contributed by atoms with Crippen LogP contribution < -0.4 is 9.80 Å². The SMILES string of the molecule is CC(=O)c1ccc(N2CCN(c3nnc(-c4ccccc4)s3)CC2)c(F)c1. The number of aromatic nitrogens is 2. The van der Waals surface area contributed by atoms with Gasteiger partial charge in [-0.3, -0.25) is 4.79 Å². The van der Waals surface area contributed by atoms with Gasteiger partial charge in [0.25, 0.3) is 0 Å². The molecule has 7 heteroatoms. The largest absolute Gasteiger partial charge is 0.366 e. The fraction of sp³-hybridized carbons (Fsp3) is 0.250. The lowest BCUT2D eigenvalue weighted by atomic mass is 10.1. The highest BCUT2D eigenvalue weighted by atomic mass is 32.1. The number of rotatable bonds is 4. The van der Waals surface area contributed by atoms with Gasteiger partial charge in [-0.15, -0.1) is 10.2 Å². The first kappa shape index (κ1) is 17.6. The molecule has 4 rings (SSSR count). The molecule has 2 aromatic carbocycles. The van der Waals surface area contributed by atoms with Gasteiger partial charge in [0.15, 0.2) is 5.78 Å². The number of ketones is 1. The maximum atomic E-state index is 14.4. The van der Waals surface area contributed by atoms with Crippen LogP contribution in [0.2, 0.25) is 0 Å². The highest BCUT2D eigenvalue weighted by Crippen LogP contribution is 2.30. The zero-order chi connectivity index (χ0) is 18.8. The second kappa shape index (κ2) is 7.44. The smallest absolute Gasteiger partial charge is 0.208 e. The minimum Gasteiger partial charge on any atom is -0.366 e. The van der Waals surface area contributed by atoms with Gasteiger partial charge < -0.3 is 9.80 Å². The van der Waals surface area contributed by atoms with Gasteiger partial charge in [-0.25, -0.2) is 4.39 Å². The maximum absolute atomic E-state index is 14.4. The molecule has 1 aromatic heterocycles. The van der Waals surface area contributed by atoms with E-state index in [0.717, 1.165) is 28.8 Å². The molecule has 0 bridgehead atoms. The van der Waals surface area contributed by atoms with Crippen molar-refractivity contribution in [3.63, 3.8) is 0 Å². The van der Waals surface area contributed by atoms with Crippen LogP contribution in [0.15, 0.2) is 48.5 Å². The highest BCUT2D eigenvalue weighted by Gasteiger charge is 2.22. The Hall–Kier alpha value is -2.80. The Morgan fingerprint density at radius 3 is 2.37 bits per heavy atom. The maximum Gasteiger partial charge on any atom is 0.208 e. The molecular formula is C20H19FN4OS. The number of nitrogens with zero attached hydrogens (tertiary/aromatic N) is 4. The van der Waals surface area contributed by atoms with Crippen LogP contribution in [-0.4, -0.2) is 42.2 Å². The van der Waals surface area contributed by atoms with Crippen LogP contribution in [0, 0.1) is 5.82 Å². The van der Waals surface area contributed by atoms with Crippen molar-refractivity contribution in [1.29, 1.82) is 0 Å². The molecule has 1 aliphatic heterocycles. The molecule has 0 aliphatic carbocycles. The van der Waals surface area contributed by atoms with Gasteiger partial charge in [0, 0.05) is 37.3 Å². The Morgan fingerprint density at radius 1 is 1.00 bits per heavy atom. The molecule has 2 heterocycles. The number of halogens is 1. The van der Waals surface area contributed by atoms with E-state index in [2.05, 4.69) is 15.1 Å². The van der Waals surface area contributed by atoms with Gasteiger partial charge >= 0.3 is 0 Å². The summed E-state index contributed by atoms with van der Waals surface area (Å²) in [5.74, 6) is -0.478. The summed E-state index contributed by atoms with van der Waals surface area (Å²) in [5, 5.41) is 10.4. The first-order valence-electron chi connectivity index (χ1n) is 8.81. The number of carbonyl (C=O) groups excluding carboxylic acids is 1. The van der Waals surface area contributed by atoms with Crippen molar-refractivity contribution < 1.29 is 9.18 Å². The first-order chi connectivity index (χ1) is 13.1. The lowest BCUT2D eigenvalue weighted by molar-refractivity contribution is 0.101. The molecule has 0 saturated carbocycles. The number of Topliss-reactive ketones (excluding diaryl/α,β-unsaturated/α-hetero) is 1. The summed E-state index contributed by atoms with van der Waals surface area (Å²) in [7, 11) is 0. The molecule has 3 aromatic rings. The number of piperazine rings is 1. The van der Waals surface area contributed by atoms with Gasteiger partial charge in [0.2, 0.25) is 5.13 Å². The lowest BCUT2D eigenvalue weighted by Crippen LogP contribution is -2.46. The number of anilines is 2. The molecule has 27 heavy (non-hydrogen) atoms. The van der Waals surface area contributed by atoms with E-state index in [-0.39, 0.29) is 11.6 Å². The minimum absolute atomic E-state index is 0.129. The molecule has 0 radical (unpaired) electrons. The minimum atomic E-state index is -0.349. The molecule has 0 unspecified atom stereocenters. The molecular weight excluding hydrogens is 363 g/mol. The van der Waals surface area contributed by atoms with Crippen molar-refractivity contribution in [2.45, 2.75) is 6.92 Å². The predicted molar refractivity (Wildman–Crippen MR) is 106 cm³/mol. The van der Waals surface area contributed by atoms with Crippen molar-refractivity contribution in [3.8, 4) is 10.6 Å². The summed E-state index contributed by atoms with van der Waals surface area (Å²) in [4.78, 5) is 15.6. The van der Waals surface area contributed by atoms with Crippen molar-refractivity contribution >= 4 is 27.9 Å². The summed E-state index contributed by atoms with van der Waals surface area (Å²) in [6.45, 7) is 4.32. The van der Waals surface area contributed by atoms with E-state index in [4.69, 9.17) is 0 Å². The van der Waals surface area contributed by atoms with Crippen LogP contribution in [0.5, 0.6) is 0 Å². The summed E-state index contributed by atoms with van der Waals surface area (Å²) < 4.78 is 14.4. The third-order valence-corrected chi connectivity index (χ3v) is 5.71. The van der Waals surface area contributed by atoms with Crippen molar-refractivity contribution in [3.05, 3.63) is 59.9 Å². The molecule has 1 fully saturated rings. The van der Waals surface area contributed by atoms with Crippen molar-refractivity contribution in [1.82, 2.24) is 10.2 Å². The Morgan fingerprint density at radius 2 is 1.70 bits per heavy atom. The third kappa shape index (κ3) is 3.68. The second-order valence-electron chi connectivity index (χ2n) is 6.45. The van der Waals surface area contributed by atoms with Crippen LogP contribution in [0.4, 0.5) is 15.2 Å². The number of hydrogen-bond acceptors (Lipinski definition) is 6. The summed E-state index contributed by atoms with van der Waals surface area (Å²) in [6, 6.07) is 14.7. The molecule has 0 spiro atoms. The van der Waals surface area contributed by atoms with Crippen LogP contribution in [0.1, 0.15) is 17.3 Å². The molecule has 1 aliphatic rings. The van der Waals surface area contributed by atoms with E-state index in [1.165, 1.54) is 13.0 Å². The van der Waals surface area contributed by atoms with Crippen molar-refractivity contribution in [2.75, 3.05) is 36.0 Å². The number of carbonyl (C=O) groups is 1. The average molecular weight is 382 g/mol. The molecule has 0 amide bonds. The third-order valence-electron chi connectivity index (χ3n) is 4.68. The van der Waals surface area contributed by atoms with Crippen molar-refractivity contribution in [2.24, 2.45) is 0 Å². The summed E-state index contributed by atoms with van der Waals surface area (Å²) >= 11 is 1.57. The average Bonchev–Trinajstić information content (AvgIpc) is 3.19. The van der Waals surface area contributed by atoms with Gasteiger partial charge in [0.05, 0.1) is 5.69 Å². The molecule has 138 valence electrons. The zero-order valence-corrected chi connectivity index (χ0v) is 15.7. The van der Waals surface area contributed by atoms with E-state index < -0.39 is 0 Å². The number of benzene rings is 2. The van der Waals surface area contributed by atoms with Gasteiger partial charge in [-0.2, -0.15) is 0 Å². The first-order valence-corrected chi connectivity index (χ1v) is 9.63. The Bertz CT molecular complexity index is 952. The van der Waals surface area contributed by atoms with Gasteiger partial charge in [-0.1, -0.05) is 41.7 Å². The highest BCUT2D eigenvalue weighted by molar-refractivity contribution is 7.18. The monoisotopic (exact) mass is 382 g/mol. The fourth-order valence-corrected chi connectivity index (χ4v) is 4.06. The van der Waals surface area contributed by atoms with Crippen LogP contribution in [0.25, 0.3) is 10.6 Å². The second-order valence-corrected chi connectivity index (χ2v) is 7.41. The topological polar surface area (TPSA) is 49.3 Å². The molecule has 0 N–H and O–H groups in total. The van der Waals surface area contributed by atoms with E-state index in [1.807, 2.05) is 35.2 Å². The Labute approximate surface area is 161 Å². The van der Waals surface area contributed by atoms with E-state index in [9.17, 15) is 9.18 Å².